The van der Waals surface area contributed by atoms with Gasteiger partial charge in [0.2, 0.25) is 0 Å². The molecule has 1 fully saturated rings. The normalized spacial score (nSPS) is 20.9. The Morgan fingerprint density at radius 2 is 2.27 bits per heavy atom. The average Bonchev–Trinajstić information content (AvgIpc) is 2.94. The summed E-state index contributed by atoms with van der Waals surface area (Å²) in [5, 5.41) is 5.35. The molecule has 0 spiro atoms. The molecule has 0 aliphatic carbocycles. The summed E-state index contributed by atoms with van der Waals surface area (Å²) in [4.78, 5) is 8.06. The summed E-state index contributed by atoms with van der Waals surface area (Å²) in [7, 11) is -3.02. The van der Waals surface area contributed by atoms with E-state index in [2.05, 4.69) is 26.7 Å². The predicted octanol–water partition coefficient (Wildman–Crippen LogP) is 1.77. The van der Waals surface area contributed by atoms with Gasteiger partial charge < -0.3 is 10.2 Å². The summed E-state index contributed by atoms with van der Waals surface area (Å²) < 4.78 is 23.5. The third kappa shape index (κ3) is 4.01. The Bertz CT molecular complexity index is 607. The molecule has 22 heavy (non-hydrogen) atoms. The van der Waals surface area contributed by atoms with E-state index >= 15 is 0 Å². The second kappa shape index (κ2) is 7.00. The van der Waals surface area contributed by atoms with Gasteiger partial charge in [0.25, 0.3) is 0 Å². The standard InChI is InChI=1S/C15H25N3O2S2/c1-4-16-14(17-8-7-13-6-5-10-21-13)18-9-11-22(19,20)15(2,3)12-18/h5-6,10H,4,7-9,11-12H2,1-3H3,(H,16,17). The molecule has 0 radical (unpaired) electrons. The van der Waals surface area contributed by atoms with E-state index in [1.54, 1.807) is 25.2 Å². The molecule has 7 heteroatoms. The third-order valence-corrected chi connectivity index (χ3v) is 7.35. The number of rotatable bonds is 4. The minimum absolute atomic E-state index is 0.190. The van der Waals surface area contributed by atoms with Crippen molar-refractivity contribution >= 4 is 27.1 Å². The minimum atomic E-state index is -3.02. The highest BCUT2D eigenvalue weighted by Crippen LogP contribution is 2.23. The van der Waals surface area contributed by atoms with Crippen molar-refractivity contribution in [2.24, 2.45) is 4.99 Å². The molecule has 124 valence electrons. The SMILES string of the molecule is CCNC(=NCCc1cccs1)N1CCS(=O)(=O)C(C)(C)C1. The average molecular weight is 344 g/mol. The van der Waals surface area contributed by atoms with Gasteiger partial charge in [0.1, 0.15) is 0 Å². The summed E-state index contributed by atoms with van der Waals surface area (Å²) in [6.45, 7) is 8.11. The topological polar surface area (TPSA) is 61.8 Å². The van der Waals surface area contributed by atoms with Crippen LogP contribution in [0.2, 0.25) is 0 Å². The summed E-state index contributed by atoms with van der Waals surface area (Å²) in [5.41, 5.74) is 0. The number of hydrogen-bond donors (Lipinski definition) is 1. The Hall–Kier alpha value is -1.08. The fourth-order valence-corrected chi connectivity index (χ4v) is 4.54. The smallest absolute Gasteiger partial charge is 0.194 e. The fourth-order valence-electron chi connectivity index (χ4n) is 2.48. The number of nitrogens with one attached hydrogen (secondary N) is 1. The number of hydrogen-bond acceptors (Lipinski definition) is 4. The van der Waals surface area contributed by atoms with Gasteiger partial charge in [-0.1, -0.05) is 6.07 Å². The van der Waals surface area contributed by atoms with Crippen LogP contribution >= 0.6 is 11.3 Å². The molecule has 0 amide bonds. The Labute approximate surface area is 137 Å². The highest BCUT2D eigenvalue weighted by molar-refractivity contribution is 7.92. The molecule has 1 saturated heterocycles. The van der Waals surface area contributed by atoms with Crippen LogP contribution in [0, 0.1) is 0 Å². The first-order valence-electron chi connectivity index (χ1n) is 7.63. The van der Waals surface area contributed by atoms with Gasteiger partial charge in [-0.2, -0.15) is 0 Å². The van der Waals surface area contributed by atoms with Crippen LogP contribution in [0.5, 0.6) is 0 Å². The largest absolute Gasteiger partial charge is 0.357 e. The van der Waals surface area contributed by atoms with E-state index in [0.717, 1.165) is 18.9 Å². The van der Waals surface area contributed by atoms with Crippen LogP contribution in [-0.2, 0) is 16.3 Å². The molecular formula is C15H25N3O2S2. The van der Waals surface area contributed by atoms with Crippen LogP contribution < -0.4 is 5.32 Å². The number of guanidine groups is 1. The van der Waals surface area contributed by atoms with Crippen molar-refractivity contribution in [2.75, 3.05) is 31.9 Å². The number of thiophene rings is 1. The molecule has 0 aromatic carbocycles. The third-order valence-electron chi connectivity index (χ3n) is 3.88. The van der Waals surface area contributed by atoms with Crippen molar-refractivity contribution in [2.45, 2.75) is 31.9 Å². The highest BCUT2D eigenvalue weighted by atomic mass is 32.2. The lowest BCUT2D eigenvalue weighted by Crippen LogP contribution is -2.57. The van der Waals surface area contributed by atoms with Crippen LogP contribution in [0.4, 0.5) is 0 Å². The van der Waals surface area contributed by atoms with Gasteiger partial charge in [-0.25, -0.2) is 8.42 Å². The monoisotopic (exact) mass is 343 g/mol. The second-order valence-electron chi connectivity index (χ2n) is 6.07. The van der Waals surface area contributed by atoms with Gasteiger partial charge in [-0.3, -0.25) is 4.99 Å². The maximum absolute atomic E-state index is 12.1. The van der Waals surface area contributed by atoms with Crippen LogP contribution in [0.15, 0.2) is 22.5 Å². The molecule has 1 aliphatic heterocycles. The molecule has 2 rings (SSSR count). The zero-order valence-corrected chi connectivity index (χ0v) is 15.1. The molecule has 1 aromatic rings. The van der Waals surface area contributed by atoms with Crippen molar-refractivity contribution in [3.05, 3.63) is 22.4 Å². The predicted molar refractivity (Wildman–Crippen MR) is 93.4 cm³/mol. The van der Waals surface area contributed by atoms with Crippen molar-refractivity contribution < 1.29 is 8.42 Å². The number of nitrogens with zero attached hydrogens (tertiary/aromatic N) is 2. The van der Waals surface area contributed by atoms with E-state index in [-0.39, 0.29) is 5.75 Å². The molecule has 1 aliphatic rings. The van der Waals surface area contributed by atoms with Crippen molar-refractivity contribution in [3.63, 3.8) is 0 Å². The molecular weight excluding hydrogens is 318 g/mol. The molecule has 5 nitrogen and oxygen atoms in total. The number of aliphatic imine (C=N–C) groups is 1. The first-order valence-corrected chi connectivity index (χ1v) is 10.2. The molecule has 1 N–H and O–H groups in total. The van der Waals surface area contributed by atoms with E-state index in [9.17, 15) is 8.42 Å². The van der Waals surface area contributed by atoms with Crippen LogP contribution in [-0.4, -0.2) is 56.0 Å². The van der Waals surface area contributed by atoms with E-state index in [1.165, 1.54) is 4.88 Å². The summed E-state index contributed by atoms with van der Waals surface area (Å²) in [6, 6.07) is 4.16. The molecule has 1 aromatic heterocycles. The Morgan fingerprint density at radius 1 is 1.50 bits per heavy atom. The van der Waals surface area contributed by atoms with Crippen LogP contribution in [0.1, 0.15) is 25.6 Å². The lowest BCUT2D eigenvalue weighted by atomic mass is 10.2. The van der Waals surface area contributed by atoms with Crippen LogP contribution in [0.3, 0.4) is 0 Å². The molecule has 0 atom stereocenters. The van der Waals surface area contributed by atoms with Gasteiger partial charge in [0, 0.05) is 37.5 Å². The lowest BCUT2D eigenvalue weighted by molar-refractivity contribution is 0.353. The quantitative estimate of drug-likeness (QED) is 0.668. The first kappa shape index (κ1) is 17.3. The zero-order valence-electron chi connectivity index (χ0n) is 13.5. The summed E-state index contributed by atoms with van der Waals surface area (Å²) in [5.74, 6) is 1.01. The Morgan fingerprint density at radius 3 is 2.86 bits per heavy atom. The van der Waals surface area contributed by atoms with E-state index in [1.807, 2.05) is 13.0 Å². The summed E-state index contributed by atoms with van der Waals surface area (Å²) >= 11 is 1.74. The van der Waals surface area contributed by atoms with Crippen molar-refractivity contribution in [1.29, 1.82) is 0 Å². The number of sulfone groups is 1. The maximum Gasteiger partial charge on any atom is 0.194 e. The summed E-state index contributed by atoms with van der Waals surface area (Å²) in [6.07, 6.45) is 0.919. The van der Waals surface area contributed by atoms with Gasteiger partial charge in [0.15, 0.2) is 15.8 Å². The fraction of sp³-hybridized carbons (Fsp3) is 0.667. The highest BCUT2D eigenvalue weighted by Gasteiger charge is 2.40. The molecule has 0 saturated carbocycles. The van der Waals surface area contributed by atoms with Gasteiger partial charge in [-0.05, 0) is 32.2 Å². The molecule has 0 bridgehead atoms. The van der Waals surface area contributed by atoms with Crippen LogP contribution in [0.25, 0.3) is 0 Å². The van der Waals surface area contributed by atoms with E-state index in [0.29, 0.717) is 19.6 Å². The molecule has 0 unspecified atom stereocenters. The van der Waals surface area contributed by atoms with Crippen molar-refractivity contribution in [3.8, 4) is 0 Å². The Kier molecular flexibility index (Phi) is 5.50. The first-order chi connectivity index (χ1) is 10.4. The van der Waals surface area contributed by atoms with E-state index < -0.39 is 14.6 Å². The minimum Gasteiger partial charge on any atom is -0.357 e. The Balaban J connectivity index is 2.04. The second-order valence-corrected chi connectivity index (χ2v) is 9.84. The van der Waals surface area contributed by atoms with Crippen molar-refractivity contribution in [1.82, 2.24) is 10.2 Å². The molecule has 2 heterocycles. The maximum atomic E-state index is 12.1. The van der Waals surface area contributed by atoms with E-state index in [4.69, 9.17) is 0 Å². The van der Waals surface area contributed by atoms with Gasteiger partial charge >= 0.3 is 0 Å². The van der Waals surface area contributed by atoms with Gasteiger partial charge in [-0.15, -0.1) is 11.3 Å². The van der Waals surface area contributed by atoms with Gasteiger partial charge in [0.05, 0.1) is 10.5 Å². The lowest BCUT2D eigenvalue weighted by Gasteiger charge is -2.39. The zero-order chi connectivity index (χ0) is 16.2.